The summed E-state index contributed by atoms with van der Waals surface area (Å²) in [7, 11) is 0. The van der Waals surface area contributed by atoms with E-state index in [2.05, 4.69) is 12.2 Å². The van der Waals surface area contributed by atoms with Gasteiger partial charge in [-0.3, -0.25) is 0 Å². The summed E-state index contributed by atoms with van der Waals surface area (Å²) in [6, 6.07) is 1.50. The molecular weight excluding hydrogens is 206 g/mol. The van der Waals surface area contributed by atoms with E-state index in [1.807, 2.05) is 0 Å². The third-order valence-corrected chi connectivity index (χ3v) is 3.59. The van der Waals surface area contributed by atoms with E-state index in [0.29, 0.717) is 12.3 Å². The molecule has 1 aromatic heterocycles. The Labute approximate surface area is 94.6 Å². The maximum absolute atomic E-state index is 10.9. The molecule has 2 N–H and O–H groups in total. The average Bonchev–Trinajstić information content (AvgIpc) is 2.65. The number of carbonyl (C=O) groups is 1. The van der Waals surface area contributed by atoms with E-state index in [1.165, 1.54) is 31.6 Å². The molecule has 0 aromatic carbocycles. The van der Waals surface area contributed by atoms with Crippen molar-refractivity contribution in [2.24, 2.45) is 0 Å². The Bertz CT molecular complexity index is 374. The van der Waals surface area contributed by atoms with Gasteiger partial charge in [0.15, 0.2) is 0 Å². The van der Waals surface area contributed by atoms with Crippen LogP contribution in [0.25, 0.3) is 0 Å². The highest BCUT2D eigenvalue weighted by molar-refractivity contribution is 5.88. The largest absolute Gasteiger partial charge is 0.478 e. The van der Waals surface area contributed by atoms with E-state index in [9.17, 15) is 4.79 Å². The Hall–Kier alpha value is -1.29. The summed E-state index contributed by atoms with van der Waals surface area (Å²) in [5.41, 5.74) is 0.473. The van der Waals surface area contributed by atoms with Crippen LogP contribution in [0.3, 0.4) is 0 Å². The normalized spacial score (nSPS) is 18.1. The molecule has 0 radical (unpaired) electrons. The fourth-order valence-corrected chi connectivity index (χ4v) is 2.19. The average molecular weight is 223 g/mol. The molecule has 0 aliphatic heterocycles. The first kappa shape index (κ1) is 11.2. The molecule has 1 aromatic rings. The number of furan rings is 1. The van der Waals surface area contributed by atoms with Gasteiger partial charge in [-0.15, -0.1) is 0 Å². The molecule has 1 saturated carbocycles. The van der Waals surface area contributed by atoms with Crippen molar-refractivity contribution in [2.75, 3.05) is 0 Å². The van der Waals surface area contributed by atoms with Gasteiger partial charge in [-0.1, -0.05) is 6.92 Å². The molecular formula is C12H17NO3. The van der Waals surface area contributed by atoms with Gasteiger partial charge >= 0.3 is 5.97 Å². The molecule has 1 heterocycles. The van der Waals surface area contributed by atoms with Gasteiger partial charge in [-0.2, -0.15) is 0 Å². The van der Waals surface area contributed by atoms with E-state index in [4.69, 9.17) is 9.52 Å². The first-order valence-corrected chi connectivity index (χ1v) is 5.71. The van der Waals surface area contributed by atoms with Crippen molar-refractivity contribution >= 4 is 5.97 Å². The molecule has 0 spiro atoms. The molecule has 1 aliphatic carbocycles. The van der Waals surface area contributed by atoms with E-state index in [-0.39, 0.29) is 11.1 Å². The maximum Gasteiger partial charge on any atom is 0.339 e. The smallest absolute Gasteiger partial charge is 0.339 e. The van der Waals surface area contributed by atoms with Crippen LogP contribution in [-0.2, 0) is 6.54 Å². The monoisotopic (exact) mass is 223 g/mol. The van der Waals surface area contributed by atoms with E-state index < -0.39 is 5.97 Å². The minimum Gasteiger partial charge on any atom is -0.478 e. The zero-order valence-electron chi connectivity index (χ0n) is 9.45. The minimum atomic E-state index is -0.926. The van der Waals surface area contributed by atoms with Crippen LogP contribution in [-0.4, -0.2) is 16.6 Å². The number of nitrogens with one attached hydrogen (secondary N) is 1. The number of rotatable bonds is 5. The number of carboxylic acids is 1. The van der Waals surface area contributed by atoms with Crippen molar-refractivity contribution in [1.29, 1.82) is 0 Å². The lowest BCUT2D eigenvalue weighted by atomic mass is 9.75. The van der Waals surface area contributed by atoms with Gasteiger partial charge in [0, 0.05) is 5.54 Å². The Kier molecular flexibility index (Phi) is 3.01. The summed E-state index contributed by atoms with van der Waals surface area (Å²) < 4.78 is 5.19. The van der Waals surface area contributed by atoms with Crippen LogP contribution in [0.4, 0.5) is 0 Å². The molecule has 16 heavy (non-hydrogen) atoms. The van der Waals surface area contributed by atoms with E-state index >= 15 is 0 Å². The van der Waals surface area contributed by atoms with Gasteiger partial charge in [0.2, 0.25) is 0 Å². The van der Waals surface area contributed by atoms with Crippen molar-refractivity contribution in [3.05, 3.63) is 23.7 Å². The Morgan fingerprint density at radius 1 is 1.62 bits per heavy atom. The summed E-state index contributed by atoms with van der Waals surface area (Å²) in [5.74, 6) is -0.406. The van der Waals surface area contributed by atoms with Crippen molar-refractivity contribution in [2.45, 2.75) is 44.7 Å². The van der Waals surface area contributed by atoms with Gasteiger partial charge < -0.3 is 14.8 Å². The van der Waals surface area contributed by atoms with Crippen LogP contribution in [0.15, 0.2) is 16.7 Å². The van der Waals surface area contributed by atoms with E-state index in [0.717, 1.165) is 6.42 Å². The molecule has 0 atom stereocenters. The number of carboxylic acid groups (broad SMARTS) is 1. The second kappa shape index (κ2) is 4.29. The van der Waals surface area contributed by atoms with Crippen LogP contribution in [0.2, 0.25) is 0 Å². The first-order valence-electron chi connectivity index (χ1n) is 5.71. The zero-order valence-corrected chi connectivity index (χ0v) is 9.45. The first-order chi connectivity index (χ1) is 7.67. The molecule has 0 bridgehead atoms. The topological polar surface area (TPSA) is 62.5 Å². The fraction of sp³-hybridized carbons (Fsp3) is 0.583. The van der Waals surface area contributed by atoms with Crippen LogP contribution in [0.1, 0.15) is 48.7 Å². The summed E-state index contributed by atoms with van der Waals surface area (Å²) in [5, 5.41) is 12.3. The third kappa shape index (κ3) is 1.97. The molecule has 1 aliphatic rings. The SMILES string of the molecule is CCC1(NCc2occc2C(=O)O)CCC1. The quantitative estimate of drug-likeness (QED) is 0.804. The molecule has 4 nitrogen and oxygen atoms in total. The Morgan fingerprint density at radius 3 is 2.88 bits per heavy atom. The van der Waals surface area contributed by atoms with Gasteiger partial charge in [-0.25, -0.2) is 4.79 Å². The highest BCUT2D eigenvalue weighted by Gasteiger charge is 2.34. The van der Waals surface area contributed by atoms with E-state index in [1.54, 1.807) is 0 Å². The van der Waals surface area contributed by atoms with Gasteiger partial charge in [0.1, 0.15) is 11.3 Å². The second-order valence-electron chi connectivity index (χ2n) is 4.40. The summed E-state index contributed by atoms with van der Waals surface area (Å²) in [6.07, 6.45) is 6.11. The molecule has 1 fully saturated rings. The van der Waals surface area contributed by atoms with Crippen molar-refractivity contribution in [1.82, 2.24) is 5.32 Å². The Balaban J connectivity index is 1.99. The lowest BCUT2D eigenvalue weighted by Crippen LogP contribution is -2.49. The van der Waals surface area contributed by atoms with Crippen molar-refractivity contribution in [3.63, 3.8) is 0 Å². The van der Waals surface area contributed by atoms with Crippen LogP contribution in [0.5, 0.6) is 0 Å². The summed E-state index contributed by atoms with van der Waals surface area (Å²) in [6.45, 7) is 2.66. The van der Waals surface area contributed by atoms with Crippen molar-refractivity contribution < 1.29 is 14.3 Å². The second-order valence-corrected chi connectivity index (χ2v) is 4.40. The number of hydrogen-bond acceptors (Lipinski definition) is 3. The molecule has 0 unspecified atom stereocenters. The minimum absolute atomic E-state index is 0.211. The number of hydrogen-bond donors (Lipinski definition) is 2. The number of aromatic carboxylic acids is 1. The zero-order chi connectivity index (χ0) is 11.6. The third-order valence-electron chi connectivity index (χ3n) is 3.59. The summed E-state index contributed by atoms with van der Waals surface area (Å²) in [4.78, 5) is 10.9. The standard InChI is InChI=1S/C12H17NO3/c1-2-12(5-3-6-12)13-8-10-9(11(14)15)4-7-16-10/h4,7,13H,2-3,5-6,8H2,1H3,(H,14,15). The van der Waals surface area contributed by atoms with Gasteiger partial charge in [0.05, 0.1) is 12.8 Å². The molecule has 0 amide bonds. The van der Waals surface area contributed by atoms with Gasteiger partial charge in [0.25, 0.3) is 0 Å². The Morgan fingerprint density at radius 2 is 2.38 bits per heavy atom. The molecule has 0 saturated heterocycles. The van der Waals surface area contributed by atoms with Crippen molar-refractivity contribution in [3.8, 4) is 0 Å². The fourth-order valence-electron chi connectivity index (χ4n) is 2.19. The lowest BCUT2D eigenvalue weighted by Gasteiger charge is -2.42. The highest BCUT2D eigenvalue weighted by Crippen LogP contribution is 2.34. The summed E-state index contributed by atoms with van der Waals surface area (Å²) >= 11 is 0. The maximum atomic E-state index is 10.9. The highest BCUT2D eigenvalue weighted by atomic mass is 16.4. The molecule has 88 valence electrons. The molecule has 2 rings (SSSR count). The lowest BCUT2D eigenvalue weighted by molar-refractivity contribution is 0.0693. The van der Waals surface area contributed by atoms with Crippen LogP contribution >= 0.6 is 0 Å². The van der Waals surface area contributed by atoms with Crippen LogP contribution in [0, 0.1) is 0 Å². The predicted molar refractivity (Wildman–Crippen MR) is 59.4 cm³/mol. The predicted octanol–water partition coefficient (Wildman–Crippen LogP) is 2.40. The van der Waals surface area contributed by atoms with Gasteiger partial charge in [-0.05, 0) is 31.7 Å². The van der Waals surface area contributed by atoms with Crippen LogP contribution < -0.4 is 5.32 Å². The molecule has 4 heteroatoms.